The second-order valence-electron chi connectivity index (χ2n) is 5.37. The third-order valence-corrected chi connectivity index (χ3v) is 5.26. The first-order valence-electron chi connectivity index (χ1n) is 6.96. The third-order valence-electron chi connectivity index (χ3n) is 4.07. The summed E-state index contributed by atoms with van der Waals surface area (Å²) >= 11 is 1.74. The number of rotatable bonds is 2. The molecule has 102 valence electrons. The molecule has 3 rings (SSSR count). The fourth-order valence-electron chi connectivity index (χ4n) is 2.94. The van der Waals surface area contributed by atoms with Gasteiger partial charge in [-0.2, -0.15) is 0 Å². The smallest absolute Gasteiger partial charge is 0.228 e. The van der Waals surface area contributed by atoms with Crippen molar-refractivity contribution in [1.29, 1.82) is 0 Å². The lowest BCUT2D eigenvalue weighted by atomic mass is 9.91. The first-order valence-corrected chi connectivity index (χ1v) is 7.94. The average Bonchev–Trinajstić information content (AvgIpc) is 2.85. The van der Waals surface area contributed by atoms with E-state index < -0.39 is 0 Å². The Kier molecular flexibility index (Phi) is 3.80. The maximum absolute atomic E-state index is 12.4. The molecule has 3 atom stereocenters. The molecule has 2 aliphatic rings. The Morgan fingerprint density at radius 2 is 2.05 bits per heavy atom. The summed E-state index contributed by atoms with van der Waals surface area (Å²) in [5, 5.41) is 13.0. The second-order valence-corrected chi connectivity index (χ2v) is 6.43. The maximum atomic E-state index is 12.4. The fourth-order valence-corrected chi connectivity index (χ4v) is 4.17. The predicted molar refractivity (Wildman–Crippen MR) is 76.3 cm³/mol. The zero-order valence-corrected chi connectivity index (χ0v) is 11.7. The van der Waals surface area contributed by atoms with Crippen LogP contribution in [0.4, 0.5) is 0 Å². The van der Waals surface area contributed by atoms with E-state index in [2.05, 4.69) is 11.4 Å². The molecule has 1 saturated carbocycles. The predicted octanol–water partition coefficient (Wildman–Crippen LogP) is 2.30. The van der Waals surface area contributed by atoms with Crippen molar-refractivity contribution in [2.24, 2.45) is 0 Å². The van der Waals surface area contributed by atoms with Crippen LogP contribution in [-0.2, 0) is 4.79 Å². The lowest BCUT2D eigenvalue weighted by Crippen LogP contribution is -2.46. The molecule has 0 bridgehead atoms. The van der Waals surface area contributed by atoms with Crippen molar-refractivity contribution in [2.45, 2.75) is 48.6 Å². The van der Waals surface area contributed by atoms with Gasteiger partial charge in [-0.3, -0.25) is 4.79 Å². The quantitative estimate of drug-likeness (QED) is 0.872. The second kappa shape index (κ2) is 5.55. The van der Waals surface area contributed by atoms with Crippen LogP contribution in [0.2, 0.25) is 0 Å². The van der Waals surface area contributed by atoms with Crippen molar-refractivity contribution < 1.29 is 9.90 Å². The van der Waals surface area contributed by atoms with Crippen molar-refractivity contribution in [1.82, 2.24) is 5.32 Å². The van der Waals surface area contributed by atoms with E-state index in [9.17, 15) is 9.90 Å². The minimum absolute atomic E-state index is 0.0565. The van der Waals surface area contributed by atoms with Gasteiger partial charge < -0.3 is 10.4 Å². The van der Waals surface area contributed by atoms with Gasteiger partial charge in [0.15, 0.2) is 0 Å². The van der Waals surface area contributed by atoms with E-state index in [1.807, 2.05) is 18.2 Å². The van der Waals surface area contributed by atoms with Gasteiger partial charge in [0.2, 0.25) is 5.91 Å². The molecular weight excluding hydrogens is 258 g/mol. The van der Waals surface area contributed by atoms with E-state index >= 15 is 0 Å². The molecule has 1 unspecified atom stereocenters. The lowest BCUT2D eigenvalue weighted by Gasteiger charge is -2.29. The Morgan fingerprint density at radius 1 is 1.26 bits per heavy atom. The SMILES string of the molecule is O=C(N[C@@H]1CCCC[C@H]1O)C1CSc2ccccc21. The van der Waals surface area contributed by atoms with Gasteiger partial charge in [0, 0.05) is 10.6 Å². The van der Waals surface area contributed by atoms with Crippen LogP contribution in [0.1, 0.15) is 37.2 Å². The van der Waals surface area contributed by atoms with Crippen molar-refractivity contribution in [3.63, 3.8) is 0 Å². The standard InChI is InChI=1S/C15H19NO2S/c17-13-7-3-2-6-12(13)16-15(18)11-9-19-14-8-4-1-5-10(11)14/h1,4-5,8,11-13,17H,2-3,6-7,9H2,(H,16,18)/t11?,12-,13-/m1/s1. The number of benzene rings is 1. The molecule has 1 aliphatic heterocycles. The highest BCUT2D eigenvalue weighted by Crippen LogP contribution is 2.39. The van der Waals surface area contributed by atoms with Crippen LogP contribution in [0, 0.1) is 0 Å². The molecule has 1 fully saturated rings. The summed E-state index contributed by atoms with van der Waals surface area (Å²) in [6.07, 6.45) is 3.49. The van der Waals surface area contributed by atoms with Crippen LogP contribution in [0.15, 0.2) is 29.2 Å². The number of carbonyl (C=O) groups is 1. The van der Waals surface area contributed by atoms with Crippen molar-refractivity contribution in [2.75, 3.05) is 5.75 Å². The first-order chi connectivity index (χ1) is 9.25. The van der Waals surface area contributed by atoms with Gasteiger partial charge in [0.1, 0.15) is 0 Å². The number of nitrogens with one attached hydrogen (secondary N) is 1. The van der Waals surface area contributed by atoms with Crippen molar-refractivity contribution in [3.05, 3.63) is 29.8 Å². The topological polar surface area (TPSA) is 49.3 Å². The van der Waals surface area contributed by atoms with E-state index in [1.165, 1.54) is 4.90 Å². The molecule has 0 aromatic heterocycles. The molecule has 1 aromatic carbocycles. The van der Waals surface area contributed by atoms with Gasteiger partial charge in [0.25, 0.3) is 0 Å². The minimum atomic E-state index is -0.373. The van der Waals surface area contributed by atoms with Crippen LogP contribution in [0.25, 0.3) is 0 Å². The normalized spacial score (nSPS) is 29.8. The number of amides is 1. The highest BCUT2D eigenvalue weighted by Gasteiger charge is 2.32. The molecule has 4 heteroatoms. The highest BCUT2D eigenvalue weighted by atomic mass is 32.2. The van der Waals surface area contributed by atoms with Crippen molar-refractivity contribution in [3.8, 4) is 0 Å². The van der Waals surface area contributed by atoms with Gasteiger partial charge in [-0.25, -0.2) is 0 Å². The molecule has 2 N–H and O–H groups in total. The number of thioether (sulfide) groups is 1. The summed E-state index contributed by atoms with van der Waals surface area (Å²) in [5.41, 5.74) is 1.13. The Hall–Kier alpha value is -1.00. The summed E-state index contributed by atoms with van der Waals surface area (Å²) in [6.45, 7) is 0. The van der Waals surface area contributed by atoms with Crippen LogP contribution < -0.4 is 5.32 Å². The number of aliphatic hydroxyl groups excluding tert-OH is 1. The molecule has 1 heterocycles. The molecule has 0 radical (unpaired) electrons. The summed E-state index contributed by atoms with van der Waals surface area (Å²) in [5.74, 6) is 0.826. The first kappa shape index (κ1) is 13.0. The molecule has 19 heavy (non-hydrogen) atoms. The van der Waals surface area contributed by atoms with Crippen LogP contribution in [-0.4, -0.2) is 28.9 Å². The van der Waals surface area contributed by atoms with Crippen LogP contribution in [0.5, 0.6) is 0 Å². The van der Waals surface area contributed by atoms with Crippen LogP contribution in [0.3, 0.4) is 0 Å². The van der Waals surface area contributed by atoms with E-state index in [0.29, 0.717) is 0 Å². The summed E-state index contributed by atoms with van der Waals surface area (Å²) in [4.78, 5) is 13.6. The van der Waals surface area contributed by atoms with Gasteiger partial charge in [0.05, 0.1) is 18.1 Å². The number of aliphatic hydroxyl groups is 1. The fraction of sp³-hybridized carbons (Fsp3) is 0.533. The zero-order chi connectivity index (χ0) is 13.2. The number of carbonyl (C=O) groups excluding carboxylic acids is 1. The summed E-state index contributed by atoms with van der Waals surface area (Å²) < 4.78 is 0. The molecule has 3 nitrogen and oxygen atoms in total. The number of hydrogen-bond acceptors (Lipinski definition) is 3. The summed E-state index contributed by atoms with van der Waals surface area (Å²) in [6, 6.07) is 8.05. The Balaban J connectivity index is 1.68. The highest BCUT2D eigenvalue weighted by molar-refractivity contribution is 7.99. The van der Waals surface area contributed by atoms with E-state index in [4.69, 9.17) is 0 Å². The Morgan fingerprint density at radius 3 is 2.89 bits per heavy atom. The molecule has 0 saturated heterocycles. The monoisotopic (exact) mass is 277 g/mol. The molecule has 1 amide bonds. The number of hydrogen-bond donors (Lipinski definition) is 2. The van der Waals surface area contributed by atoms with Gasteiger partial charge in [-0.05, 0) is 24.5 Å². The zero-order valence-electron chi connectivity index (χ0n) is 10.8. The van der Waals surface area contributed by atoms with E-state index in [1.54, 1.807) is 11.8 Å². The Bertz CT molecular complexity index is 477. The van der Waals surface area contributed by atoms with Crippen molar-refractivity contribution >= 4 is 17.7 Å². The van der Waals surface area contributed by atoms with Gasteiger partial charge in [-0.1, -0.05) is 31.0 Å². The molecular formula is C15H19NO2S. The average molecular weight is 277 g/mol. The van der Waals surface area contributed by atoms with Gasteiger partial charge >= 0.3 is 0 Å². The minimum Gasteiger partial charge on any atom is -0.391 e. The molecule has 1 aliphatic carbocycles. The maximum Gasteiger partial charge on any atom is 0.228 e. The molecule has 1 aromatic rings. The van der Waals surface area contributed by atoms with E-state index in [0.717, 1.165) is 37.0 Å². The molecule has 0 spiro atoms. The summed E-state index contributed by atoms with van der Waals surface area (Å²) in [7, 11) is 0. The van der Waals surface area contributed by atoms with Crippen LogP contribution >= 0.6 is 11.8 Å². The third kappa shape index (κ3) is 2.65. The van der Waals surface area contributed by atoms with E-state index in [-0.39, 0.29) is 24.0 Å². The largest absolute Gasteiger partial charge is 0.391 e. The van der Waals surface area contributed by atoms with Gasteiger partial charge in [-0.15, -0.1) is 11.8 Å². The lowest BCUT2D eigenvalue weighted by molar-refractivity contribution is -0.124. The Labute approximate surface area is 117 Å². The number of fused-ring (bicyclic) bond motifs is 1.